The van der Waals surface area contributed by atoms with Gasteiger partial charge in [-0.3, -0.25) is 0 Å². The van der Waals surface area contributed by atoms with Gasteiger partial charge in [-0.25, -0.2) is 4.98 Å². The minimum absolute atomic E-state index is 0.0324. The third-order valence-corrected chi connectivity index (χ3v) is 4.88. The zero-order valence-corrected chi connectivity index (χ0v) is 13.8. The summed E-state index contributed by atoms with van der Waals surface area (Å²) in [6.07, 6.45) is 1.80. The molecule has 0 saturated heterocycles. The lowest BCUT2D eigenvalue weighted by molar-refractivity contribution is 1.20. The average Bonchev–Trinajstić information content (AvgIpc) is 3.07. The fourth-order valence-corrected chi connectivity index (χ4v) is 3.69. The molecule has 0 aliphatic carbocycles. The first kappa shape index (κ1) is 15.8. The number of anilines is 2. The van der Waals surface area contributed by atoms with Crippen molar-refractivity contribution in [3.05, 3.63) is 11.1 Å². The summed E-state index contributed by atoms with van der Waals surface area (Å²) in [6, 6.07) is 0. The van der Waals surface area contributed by atoms with Crippen molar-refractivity contribution in [2.75, 3.05) is 30.0 Å². The largest absolute Gasteiger partial charge is 0.370 e. The van der Waals surface area contributed by atoms with Crippen LogP contribution in [-0.4, -0.2) is 39.0 Å². The van der Waals surface area contributed by atoms with Gasteiger partial charge in [0.1, 0.15) is 0 Å². The minimum atomic E-state index is 0.0324. The Kier molecular flexibility index (Phi) is 6.02. The average molecular weight is 344 g/mol. The Morgan fingerprint density at radius 1 is 1.38 bits per heavy atom. The van der Waals surface area contributed by atoms with Crippen LogP contribution < -0.4 is 22.1 Å². The summed E-state index contributed by atoms with van der Waals surface area (Å²) < 4.78 is 8.29. The van der Waals surface area contributed by atoms with Crippen LogP contribution in [-0.2, 0) is 5.75 Å². The second-order valence-corrected chi connectivity index (χ2v) is 6.56. The molecule has 0 radical (unpaired) electrons. The molecule has 0 fully saturated rings. The first-order valence-corrected chi connectivity index (χ1v) is 8.75. The summed E-state index contributed by atoms with van der Waals surface area (Å²) >= 11 is 4.49. The molecule has 8 nitrogen and oxygen atoms in total. The van der Waals surface area contributed by atoms with Crippen molar-refractivity contribution < 1.29 is 0 Å². The molecule has 6 N–H and O–H groups in total. The van der Waals surface area contributed by atoms with Crippen LogP contribution >= 0.6 is 34.8 Å². The monoisotopic (exact) mass is 344 g/mol. The van der Waals surface area contributed by atoms with Crippen molar-refractivity contribution in [3.63, 3.8) is 0 Å². The highest BCUT2D eigenvalue weighted by molar-refractivity contribution is 7.98. The highest BCUT2D eigenvalue weighted by Gasteiger charge is 2.05. The van der Waals surface area contributed by atoms with E-state index in [1.807, 2.05) is 7.05 Å². The SMILES string of the molecule is CNc1nsnc1NCCSCc1cnc(N=C(N)N)s1. The van der Waals surface area contributed by atoms with Gasteiger partial charge in [-0.2, -0.15) is 25.5 Å². The molecular weight excluding hydrogens is 328 g/mol. The second-order valence-electron chi connectivity index (χ2n) is 3.84. The van der Waals surface area contributed by atoms with E-state index in [-0.39, 0.29) is 5.96 Å². The topological polar surface area (TPSA) is 127 Å². The molecule has 0 bridgehead atoms. The lowest BCUT2D eigenvalue weighted by Crippen LogP contribution is -2.21. The van der Waals surface area contributed by atoms with E-state index >= 15 is 0 Å². The van der Waals surface area contributed by atoms with Crippen molar-refractivity contribution >= 4 is 57.6 Å². The third kappa shape index (κ3) is 5.02. The Morgan fingerprint density at radius 2 is 2.19 bits per heavy atom. The highest BCUT2D eigenvalue weighted by atomic mass is 32.2. The molecular formula is C10H16N8S3. The van der Waals surface area contributed by atoms with Crippen LogP contribution in [0, 0.1) is 0 Å². The number of aliphatic imine (C=N–C) groups is 1. The Morgan fingerprint density at radius 3 is 2.95 bits per heavy atom. The highest BCUT2D eigenvalue weighted by Crippen LogP contribution is 2.24. The summed E-state index contributed by atoms with van der Waals surface area (Å²) in [5.41, 5.74) is 10.6. The number of hydrogen-bond acceptors (Lipinski definition) is 9. The van der Waals surface area contributed by atoms with Gasteiger partial charge < -0.3 is 22.1 Å². The van der Waals surface area contributed by atoms with Crippen molar-refractivity contribution in [2.24, 2.45) is 16.5 Å². The molecule has 0 aliphatic heterocycles. The van der Waals surface area contributed by atoms with Gasteiger partial charge in [0, 0.05) is 36.2 Å². The standard InChI is InChI=1S/C10H16N8S3/c1-13-7-8(18-21-17-7)14-2-3-19-5-6-4-15-10(20-6)16-9(11)12/h4H,2-3,5H2,1H3,(H,13,17)(H,14,18)(H4,11,12,15,16). The van der Waals surface area contributed by atoms with E-state index in [9.17, 15) is 0 Å². The fraction of sp³-hybridized carbons (Fsp3) is 0.400. The number of rotatable bonds is 8. The molecule has 0 atom stereocenters. The van der Waals surface area contributed by atoms with Crippen LogP contribution in [0.4, 0.5) is 16.8 Å². The predicted octanol–water partition coefficient (Wildman–Crippen LogP) is 1.29. The summed E-state index contributed by atoms with van der Waals surface area (Å²) in [4.78, 5) is 9.19. The second kappa shape index (κ2) is 8.00. The normalized spacial score (nSPS) is 10.3. The molecule has 0 aromatic carbocycles. The molecule has 11 heteroatoms. The van der Waals surface area contributed by atoms with E-state index in [1.165, 1.54) is 23.1 Å². The van der Waals surface area contributed by atoms with Crippen molar-refractivity contribution in [3.8, 4) is 0 Å². The number of thiazole rings is 1. The van der Waals surface area contributed by atoms with Gasteiger partial charge in [0.05, 0.1) is 11.7 Å². The zero-order valence-electron chi connectivity index (χ0n) is 11.4. The summed E-state index contributed by atoms with van der Waals surface area (Å²) in [7, 11) is 1.83. The Balaban J connectivity index is 1.68. The van der Waals surface area contributed by atoms with Gasteiger partial charge in [0.15, 0.2) is 17.6 Å². The molecule has 0 aliphatic rings. The maximum absolute atomic E-state index is 5.31. The van der Waals surface area contributed by atoms with Gasteiger partial charge >= 0.3 is 0 Å². The van der Waals surface area contributed by atoms with E-state index in [4.69, 9.17) is 11.5 Å². The summed E-state index contributed by atoms with van der Waals surface area (Å²) in [5.74, 6) is 3.46. The summed E-state index contributed by atoms with van der Waals surface area (Å²) in [6.45, 7) is 0.824. The number of guanidine groups is 1. The molecule has 2 heterocycles. The Bertz CT molecular complexity index is 589. The van der Waals surface area contributed by atoms with E-state index < -0.39 is 0 Å². The molecule has 2 rings (SSSR count). The molecule has 0 spiro atoms. The number of nitrogens with two attached hydrogens (primary N) is 2. The van der Waals surface area contributed by atoms with Crippen molar-refractivity contribution in [1.82, 2.24) is 13.7 Å². The maximum Gasteiger partial charge on any atom is 0.212 e. The van der Waals surface area contributed by atoms with Gasteiger partial charge in [0.25, 0.3) is 0 Å². The van der Waals surface area contributed by atoms with E-state index in [0.717, 1.165) is 34.6 Å². The third-order valence-electron chi connectivity index (χ3n) is 2.27. The first-order valence-electron chi connectivity index (χ1n) is 6.05. The Labute approximate surface area is 134 Å². The molecule has 0 amide bonds. The maximum atomic E-state index is 5.31. The van der Waals surface area contributed by atoms with Crippen LogP contribution in [0.25, 0.3) is 0 Å². The lowest BCUT2D eigenvalue weighted by Gasteiger charge is -2.03. The molecule has 0 saturated carbocycles. The molecule has 114 valence electrons. The number of nitrogens with one attached hydrogen (secondary N) is 2. The molecule has 0 unspecified atom stereocenters. The quantitative estimate of drug-likeness (QED) is 0.320. The van der Waals surface area contributed by atoms with Gasteiger partial charge in [-0.15, -0.1) is 0 Å². The fourth-order valence-electron chi connectivity index (χ4n) is 1.41. The first-order chi connectivity index (χ1) is 10.2. The van der Waals surface area contributed by atoms with E-state index in [0.29, 0.717) is 5.13 Å². The van der Waals surface area contributed by atoms with E-state index in [1.54, 1.807) is 18.0 Å². The van der Waals surface area contributed by atoms with Crippen molar-refractivity contribution in [2.45, 2.75) is 5.75 Å². The van der Waals surface area contributed by atoms with Crippen LogP contribution in [0.15, 0.2) is 11.2 Å². The smallest absolute Gasteiger partial charge is 0.212 e. The predicted molar refractivity (Wildman–Crippen MR) is 91.7 cm³/mol. The van der Waals surface area contributed by atoms with Gasteiger partial charge in [-0.05, 0) is 0 Å². The number of nitrogens with zero attached hydrogens (tertiary/aromatic N) is 4. The number of thioether (sulfide) groups is 1. The molecule has 21 heavy (non-hydrogen) atoms. The van der Waals surface area contributed by atoms with Gasteiger partial charge in [0.2, 0.25) is 5.13 Å². The lowest BCUT2D eigenvalue weighted by atomic mass is 10.6. The minimum Gasteiger partial charge on any atom is -0.370 e. The molecule has 2 aromatic heterocycles. The molecule has 2 aromatic rings. The zero-order chi connectivity index (χ0) is 15.1. The number of hydrogen-bond donors (Lipinski definition) is 4. The van der Waals surface area contributed by atoms with E-state index in [2.05, 4.69) is 29.4 Å². The van der Waals surface area contributed by atoms with Crippen LogP contribution in [0.2, 0.25) is 0 Å². The van der Waals surface area contributed by atoms with Crippen molar-refractivity contribution in [1.29, 1.82) is 0 Å². The van der Waals surface area contributed by atoms with Crippen LogP contribution in [0.1, 0.15) is 4.88 Å². The van der Waals surface area contributed by atoms with Crippen LogP contribution in [0.3, 0.4) is 0 Å². The Hall–Kier alpha value is -1.59. The van der Waals surface area contributed by atoms with Crippen LogP contribution in [0.5, 0.6) is 0 Å². The number of aromatic nitrogens is 3. The van der Waals surface area contributed by atoms with Gasteiger partial charge in [-0.1, -0.05) is 11.3 Å². The summed E-state index contributed by atoms with van der Waals surface area (Å²) in [5, 5.41) is 6.83.